The number of hydrogen-bond acceptors (Lipinski definition) is 6. The summed E-state index contributed by atoms with van der Waals surface area (Å²) in [5.41, 5.74) is 5.67. The molecule has 1 aliphatic heterocycles. The summed E-state index contributed by atoms with van der Waals surface area (Å²) in [7, 11) is 0. The van der Waals surface area contributed by atoms with Crippen molar-refractivity contribution in [2.24, 2.45) is 11.1 Å². The van der Waals surface area contributed by atoms with Gasteiger partial charge < -0.3 is 21.1 Å². The topological polar surface area (TPSA) is 144 Å². The van der Waals surface area contributed by atoms with Gasteiger partial charge in [0.25, 0.3) is 11.8 Å². The third-order valence-corrected chi connectivity index (χ3v) is 6.05. The standard InChI is InChI=1S/C19H23N5O5/c20-15(26)13-2-1-4-22-16(13)29-12-8-19(9-12)6-11(7-19)24-17(27)14(23-18(24)28)3-5-21-10-25/h1-2,4,10-12,14H,3,5-9H2,(H2,20,26)(H,21,25)(H,23,28)/t11-,12-,14?,19?. The minimum atomic E-state index is -0.583. The van der Waals surface area contributed by atoms with Crippen molar-refractivity contribution in [1.82, 2.24) is 20.5 Å². The molecular formula is C19H23N5O5. The number of carbonyl (C=O) groups excluding carboxylic acids is 4. The van der Waals surface area contributed by atoms with Crippen molar-refractivity contribution >= 4 is 24.3 Å². The first-order valence-corrected chi connectivity index (χ1v) is 9.64. The summed E-state index contributed by atoms with van der Waals surface area (Å²) in [6.45, 7) is 0.336. The molecule has 2 heterocycles. The Balaban J connectivity index is 1.28. The number of imide groups is 1. The molecule has 10 nitrogen and oxygen atoms in total. The van der Waals surface area contributed by atoms with Gasteiger partial charge in [0.1, 0.15) is 17.7 Å². The number of primary amides is 1. The molecule has 0 bridgehead atoms. The molecule has 1 saturated heterocycles. The first-order valence-electron chi connectivity index (χ1n) is 9.64. The average molecular weight is 401 g/mol. The van der Waals surface area contributed by atoms with Crippen LogP contribution < -0.4 is 21.1 Å². The van der Waals surface area contributed by atoms with Crippen LogP contribution in [0.15, 0.2) is 18.3 Å². The Kier molecular flexibility index (Phi) is 4.85. The summed E-state index contributed by atoms with van der Waals surface area (Å²) in [5.74, 6) is -0.562. The SMILES string of the molecule is NC(=O)c1cccnc1O[C@H]1CC2(C1)C[C@H](N1C(=O)NC(CCNC=O)C1=O)C2. The molecule has 10 heteroatoms. The number of rotatable bonds is 8. The van der Waals surface area contributed by atoms with Crippen LogP contribution in [0.1, 0.15) is 42.5 Å². The molecule has 0 radical (unpaired) electrons. The van der Waals surface area contributed by atoms with Crippen molar-refractivity contribution in [3.63, 3.8) is 0 Å². The maximum Gasteiger partial charge on any atom is 0.325 e. The molecule has 5 amide bonds. The van der Waals surface area contributed by atoms with E-state index in [2.05, 4.69) is 15.6 Å². The molecule has 2 saturated carbocycles. The van der Waals surface area contributed by atoms with Gasteiger partial charge in [-0.25, -0.2) is 9.78 Å². The van der Waals surface area contributed by atoms with Gasteiger partial charge in [-0.15, -0.1) is 0 Å². The molecule has 1 aromatic rings. The van der Waals surface area contributed by atoms with Crippen molar-refractivity contribution < 1.29 is 23.9 Å². The van der Waals surface area contributed by atoms with E-state index in [0.29, 0.717) is 19.4 Å². The van der Waals surface area contributed by atoms with Gasteiger partial charge in [0.2, 0.25) is 12.3 Å². The Morgan fingerprint density at radius 3 is 2.83 bits per heavy atom. The number of ether oxygens (including phenoxy) is 1. The fourth-order valence-corrected chi connectivity index (χ4v) is 4.65. The number of carbonyl (C=O) groups is 4. The maximum absolute atomic E-state index is 12.5. The normalized spacial score (nSPS) is 30.3. The predicted molar refractivity (Wildman–Crippen MR) is 99.7 cm³/mol. The lowest BCUT2D eigenvalue weighted by atomic mass is 9.52. The second-order valence-corrected chi connectivity index (χ2v) is 8.00. The number of nitrogens with zero attached hydrogens (tertiary/aromatic N) is 2. The van der Waals surface area contributed by atoms with E-state index in [-0.39, 0.29) is 40.9 Å². The van der Waals surface area contributed by atoms with Crippen molar-refractivity contribution in [2.75, 3.05) is 6.54 Å². The van der Waals surface area contributed by atoms with Crippen LogP contribution in [-0.4, -0.2) is 58.9 Å². The van der Waals surface area contributed by atoms with Crippen LogP contribution in [0.3, 0.4) is 0 Å². The van der Waals surface area contributed by atoms with Crippen LogP contribution >= 0.6 is 0 Å². The highest BCUT2D eigenvalue weighted by Gasteiger charge is 2.58. The zero-order valence-corrected chi connectivity index (χ0v) is 15.8. The first-order chi connectivity index (χ1) is 13.9. The van der Waals surface area contributed by atoms with Gasteiger partial charge in [0.05, 0.1) is 0 Å². The average Bonchev–Trinajstić information content (AvgIpc) is 2.90. The molecule has 1 aromatic heterocycles. The van der Waals surface area contributed by atoms with Crippen molar-refractivity contribution in [1.29, 1.82) is 0 Å². The summed E-state index contributed by atoms with van der Waals surface area (Å²) in [5, 5.41) is 5.19. The molecule has 1 spiro atoms. The van der Waals surface area contributed by atoms with Gasteiger partial charge in [0, 0.05) is 18.8 Å². The predicted octanol–water partition coefficient (Wildman–Crippen LogP) is -0.0730. The van der Waals surface area contributed by atoms with E-state index in [1.807, 2.05) is 0 Å². The van der Waals surface area contributed by atoms with Gasteiger partial charge in [0.15, 0.2) is 0 Å². The molecule has 29 heavy (non-hydrogen) atoms. The van der Waals surface area contributed by atoms with E-state index >= 15 is 0 Å². The molecule has 1 unspecified atom stereocenters. The molecular weight excluding hydrogens is 378 g/mol. The Labute approximate surface area is 167 Å². The molecule has 3 fully saturated rings. The van der Waals surface area contributed by atoms with Crippen LogP contribution in [0.5, 0.6) is 5.88 Å². The maximum atomic E-state index is 12.5. The number of nitrogens with two attached hydrogens (primary N) is 1. The fraction of sp³-hybridized carbons (Fsp3) is 0.526. The van der Waals surface area contributed by atoms with Crippen molar-refractivity contribution in [2.45, 2.75) is 50.3 Å². The molecule has 4 N–H and O–H groups in total. The number of nitrogens with one attached hydrogen (secondary N) is 2. The Morgan fingerprint density at radius 1 is 1.38 bits per heavy atom. The van der Waals surface area contributed by atoms with Crippen LogP contribution in [0.2, 0.25) is 0 Å². The number of urea groups is 1. The highest BCUT2D eigenvalue weighted by Crippen LogP contribution is 2.58. The fourth-order valence-electron chi connectivity index (χ4n) is 4.65. The lowest BCUT2D eigenvalue weighted by Gasteiger charge is -2.58. The number of hydrogen-bond donors (Lipinski definition) is 3. The van der Waals surface area contributed by atoms with Gasteiger partial charge in [-0.3, -0.25) is 19.3 Å². The minimum absolute atomic E-state index is 0.0609. The van der Waals surface area contributed by atoms with Crippen molar-refractivity contribution in [3.8, 4) is 5.88 Å². The zero-order valence-electron chi connectivity index (χ0n) is 15.8. The lowest BCUT2D eigenvalue weighted by Crippen LogP contribution is -2.60. The third-order valence-electron chi connectivity index (χ3n) is 6.05. The van der Waals surface area contributed by atoms with Crippen LogP contribution in [0, 0.1) is 5.41 Å². The van der Waals surface area contributed by atoms with Crippen molar-refractivity contribution in [3.05, 3.63) is 23.9 Å². The molecule has 3 aliphatic rings. The van der Waals surface area contributed by atoms with E-state index in [9.17, 15) is 19.2 Å². The Hall–Kier alpha value is -3.17. The minimum Gasteiger partial charge on any atom is -0.474 e. The van der Waals surface area contributed by atoms with E-state index in [1.54, 1.807) is 18.3 Å². The van der Waals surface area contributed by atoms with E-state index in [4.69, 9.17) is 10.5 Å². The third kappa shape index (κ3) is 3.50. The van der Waals surface area contributed by atoms with Gasteiger partial charge in [-0.2, -0.15) is 0 Å². The molecule has 154 valence electrons. The van der Waals surface area contributed by atoms with Gasteiger partial charge in [-0.05, 0) is 49.7 Å². The summed E-state index contributed by atoms with van der Waals surface area (Å²) in [4.78, 5) is 52.0. The second kappa shape index (κ2) is 7.34. The quantitative estimate of drug-likeness (QED) is 0.316. The van der Waals surface area contributed by atoms with Gasteiger partial charge in [-0.1, -0.05) is 0 Å². The molecule has 0 aromatic carbocycles. The largest absolute Gasteiger partial charge is 0.474 e. The van der Waals surface area contributed by atoms with E-state index < -0.39 is 11.9 Å². The van der Waals surface area contributed by atoms with E-state index in [0.717, 1.165) is 25.7 Å². The zero-order chi connectivity index (χ0) is 20.6. The summed E-state index contributed by atoms with van der Waals surface area (Å²) < 4.78 is 5.84. The highest BCUT2D eigenvalue weighted by atomic mass is 16.5. The number of aromatic nitrogens is 1. The summed E-state index contributed by atoms with van der Waals surface area (Å²) in [6, 6.07) is 2.16. The van der Waals surface area contributed by atoms with Crippen LogP contribution in [0.25, 0.3) is 0 Å². The van der Waals surface area contributed by atoms with Crippen LogP contribution in [0.4, 0.5) is 4.79 Å². The molecule has 4 rings (SSSR count). The molecule has 2 aliphatic carbocycles. The number of amides is 5. The second-order valence-electron chi connectivity index (χ2n) is 8.00. The summed E-state index contributed by atoms with van der Waals surface area (Å²) in [6.07, 6.45) is 5.50. The number of pyridine rings is 1. The van der Waals surface area contributed by atoms with Gasteiger partial charge >= 0.3 is 6.03 Å². The molecule has 1 atom stereocenters. The smallest absolute Gasteiger partial charge is 0.325 e. The Morgan fingerprint density at radius 2 is 2.14 bits per heavy atom. The highest BCUT2D eigenvalue weighted by molar-refractivity contribution is 6.04. The van der Waals surface area contributed by atoms with Crippen LogP contribution in [-0.2, 0) is 9.59 Å². The lowest BCUT2D eigenvalue weighted by molar-refractivity contribution is -0.141. The summed E-state index contributed by atoms with van der Waals surface area (Å²) >= 11 is 0. The Bertz CT molecular complexity index is 845. The van der Waals surface area contributed by atoms with E-state index in [1.165, 1.54) is 4.90 Å². The monoisotopic (exact) mass is 401 g/mol. The first kappa shape index (κ1) is 19.2.